The normalized spacial score (nSPS) is 14.8. The van der Waals surface area contributed by atoms with E-state index in [9.17, 15) is 8.42 Å². The fourth-order valence-electron chi connectivity index (χ4n) is 0.731. The van der Waals surface area contributed by atoms with E-state index in [1.807, 2.05) is 6.92 Å². The van der Waals surface area contributed by atoms with Gasteiger partial charge in [0.2, 0.25) is 10.0 Å². The Kier molecular flexibility index (Phi) is 4.63. The molecule has 5 heteroatoms. The van der Waals surface area contributed by atoms with Gasteiger partial charge in [0.15, 0.2) is 0 Å². The van der Waals surface area contributed by atoms with Crippen LogP contribution in [0.2, 0.25) is 0 Å². The molecule has 0 aromatic carbocycles. The van der Waals surface area contributed by atoms with Gasteiger partial charge in [-0.05, 0) is 6.42 Å². The number of nitrogens with one attached hydrogen (secondary N) is 1. The minimum atomic E-state index is -3.07. The second-order valence-corrected chi connectivity index (χ2v) is 4.50. The third kappa shape index (κ3) is 7.77. The van der Waals surface area contributed by atoms with Gasteiger partial charge < -0.3 is 5.73 Å². The average molecular weight is 180 g/mol. The van der Waals surface area contributed by atoms with Gasteiger partial charge in [0.1, 0.15) is 0 Å². The van der Waals surface area contributed by atoms with Crippen LogP contribution in [0.3, 0.4) is 0 Å². The molecule has 0 aliphatic rings. The molecule has 1 unspecified atom stereocenters. The van der Waals surface area contributed by atoms with E-state index in [0.717, 1.165) is 19.1 Å². The molecule has 0 rings (SSSR count). The summed E-state index contributed by atoms with van der Waals surface area (Å²) in [5.41, 5.74) is 5.56. The van der Waals surface area contributed by atoms with Crippen molar-refractivity contribution in [3.8, 4) is 0 Å². The minimum absolute atomic E-state index is 0.0604. The molecule has 0 aromatic rings. The lowest BCUT2D eigenvalue weighted by atomic mass is 10.2. The first-order chi connectivity index (χ1) is 4.95. The summed E-state index contributed by atoms with van der Waals surface area (Å²) in [6.07, 6.45) is 2.96. The lowest BCUT2D eigenvalue weighted by molar-refractivity contribution is 0.557. The monoisotopic (exact) mass is 180 g/mol. The molecule has 0 amide bonds. The Morgan fingerprint density at radius 3 is 2.45 bits per heavy atom. The highest BCUT2D eigenvalue weighted by atomic mass is 32.2. The molecule has 11 heavy (non-hydrogen) atoms. The predicted octanol–water partition coefficient (Wildman–Crippen LogP) is -0.337. The van der Waals surface area contributed by atoms with Crippen molar-refractivity contribution >= 4 is 10.0 Å². The first kappa shape index (κ1) is 10.9. The lowest BCUT2D eigenvalue weighted by Crippen LogP contribution is -2.36. The third-order valence-corrected chi connectivity index (χ3v) is 1.96. The Morgan fingerprint density at radius 2 is 2.09 bits per heavy atom. The van der Waals surface area contributed by atoms with E-state index in [4.69, 9.17) is 5.73 Å². The summed E-state index contributed by atoms with van der Waals surface area (Å²) < 4.78 is 23.5. The van der Waals surface area contributed by atoms with E-state index in [-0.39, 0.29) is 6.04 Å². The van der Waals surface area contributed by atoms with Crippen LogP contribution in [0.5, 0.6) is 0 Å². The molecule has 0 fully saturated rings. The van der Waals surface area contributed by atoms with E-state index in [1.54, 1.807) is 0 Å². The molecule has 0 heterocycles. The van der Waals surface area contributed by atoms with Gasteiger partial charge in [-0.3, -0.25) is 0 Å². The Hall–Kier alpha value is -0.130. The standard InChI is InChI=1S/C6H16N2O2S/c1-3-4-6(7)5-8-11(2,9)10/h6,8H,3-5,7H2,1-2H3. The molecule has 0 saturated heterocycles. The Bertz CT molecular complexity index is 189. The molecular formula is C6H16N2O2S. The molecule has 0 bridgehead atoms. The van der Waals surface area contributed by atoms with E-state index in [0.29, 0.717) is 6.54 Å². The molecular weight excluding hydrogens is 164 g/mol. The summed E-state index contributed by atoms with van der Waals surface area (Å²) in [5.74, 6) is 0. The maximum absolute atomic E-state index is 10.6. The fraction of sp³-hybridized carbons (Fsp3) is 1.00. The van der Waals surface area contributed by atoms with E-state index in [2.05, 4.69) is 4.72 Å². The van der Waals surface area contributed by atoms with E-state index in [1.165, 1.54) is 0 Å². The fourth-order valence-corrected chi connectivity index (χ4v) is 1.25. The molecule has 1 atom stereocenters. The van der Waals surface area contributed by atoms with Crippen LogP contribution in [0.25, 0.3) is 0 Å². The Labute approximate surface area is 68.2 Å². The molecule has 0 saturated carbocycles. The van der Waals surface area contributed by atoms with Gasteiger partial charge >= 0.3 is 0 Å². The summed E-state index contributed by atoms with van der Waals surface area (Å²) in [6.45, 7) is 2.35. The average Bonchev–Trinajstić information content (AvgIpc) is 1.83. The maximum Gasteiger partial charge on any atom is 0.208 e. The Morgan fingerprint density at radius 1 is 1.55 bits per heavy atom. The molecule has 0 aromatic heterocycles. The van der Waals surface area contributed by atoms with E-state index >= 15 is 0 Å². The van der Waals surface area contributed by atoms with Crippen molar-refractivity contribution in [3.63, 3.8) is 0 Å². The van der Waals surface area contributed by atoms with E-state index < -0.39 is 10.0 Å². The molecule has 0 aliphatic carbocycles. The van der Waals surface area contributed by atoms with Crippen LogP contribution >= 0.6 is 0 Å². The SMILES string of the molecule is CCCC(N)CNS(C)(=O)=O. The van der Waals surface area contributed by atoms with Crippen molar-refractivity contribution in [2.75, 3.05) is 12.8 Å². The van der Waals surface area contributed by atoms with Crippen molar-refractivity contribution in [2.45, 2.75) is 25.8 Å². The minimum Gasteiger partial charge on any atom is -0.327 e. The van der Waals surface area contributed by atoms with Crippen molar-refractivity contribution in [2.24, 2.45) is 5.73 Å². The van der Waals surface area contributed by atoms with Gasteiger partial charge in [-0.15, -0.1) is 0 Å². The van der Waals surface area contributed by atoms with Crippen LogP contribution in [-0.2, 0) is 10.0 Å². The highest BCUT2D eigenvalue weighted by Gasteiger charge is 2.04. The van der Waals surface area contributed by atoms with Crippen molar-refractivity contribution in [1.82, 2.24) is 4.72 Å². The number of hydrogen-bond donors (Lipinski definition) is 2. The van der Waals surface area contributed by atoms with Gasteiger partial charge in [0, 0.05) is 12.6 Å². The summed E-state index contributed by atoms with van der Waals surface area (Å²) in [7, 11) is -3.07. The first-order valence-electron chi connectivity index (χ1n) is 3.66. The molecule has 0 spiro atoms. The van der Waals surface area contributed by atoms with Gasteiger partial charge in [-0.1, -0.05) is 13.3 Å². The zero-order chi connectivity index (χ0) is 8.91. The summed E-state index contributed by atoms with van der Waals surface area (Å²) >= 11 is 0. The zero-order valence-electron chi connectivity index (χ0n) is 7.00. The number of nitrogens with two attached hydrogens (primary N) is 1. The molecule has 0 aliphatic heterocycles. The second kappa shape index (κ2) is 4.69. The van der Waals surface area contributed by atoms with Gasteiger partial charge in [-0.2, -0.15) is 0 Å². The van der Waals surface area contributed by atoms with Crippen LogP contribution in [0.1, 0.15) is 19.8 Å². The van der Waals surface area contributed by atoms with Crippen LogP contribution < -0.4 is 10.5 Å². The number of hydrogen-bond acceptors (Lipinski definition) is 3. The maximum atomic E-state index is 10.6. The second-order valence-electron chi connectivity index (χ2n) is 2.67. The predicted molar refractivity (Wildman–Crippen MR) is 45.7 cm³/mol. The Balaban J connectivity index is 3.54. The third-order valence-electron chi connectivity index (χ3n) is 1.27. The number of rotatable bonds is 5. The highest BCUT2D eigenvalue weighted by Crippen LogP contribution is 1.91. The van der Waals surface area contributed by atoms with Gasteiger partial charge in [0.25, 0.3) is 0 Å². The van der Waals surface area contributed by atoms with Crippen LogP contribution in [0.15, 0.2) is 0 Å². The summed E-state index contributed by atoms with van der Waals surface area (Å²) in [5, 5.41) is 0. The lowest BCUT2D eigenvalue weighted by Gasteiger charge is -2.09. The zero-order valence-corrected chi connectivity index (χ0v) is 7.82. The van der Waals surface area contributed by atoms with Gasteiger partial charge in [0.05, 0.1) is 6.26 Å². The first-order valence-corrected chi connectivity index (χ1v) is 5.55. The smallest absolute Gasteiger partial charge is 0.208 e. The van der Waals surface area contributed by atoms with Crippen molar-refractivity contribution in [1.29, 1.82) is 0 Å². The molecule has 0 radical (unpaired) electrons. The van der Waals surface area contributed by atoms with Crippen LogP contribution in [-0.4, -0.2) is 27.3 Å². The molecule has 68 valence electrons. The summed E-state index contributed by atoms with van der Waals surface area (Å²) in [6, 6.07) is -0.0604. The van der Waals surface area contributed by atoms with Crippen molar-refractivity contribution in [3.05, 3.63) is 0 Å². The molecule has 4 nitrogen and oxygen atoms in total. The topological polar surface area (TPSA) is 72.2 Å². The largest absolute Gasteiger partial charge is 0.327 e. The quantitative estimate of drug-likeness (QED) is 0.608. The van der Waals surface area contributed by atoms with Crippen LogP contribution in [0.4, 0.5) is 0 Å². The molecule has 3 N–H and O–H groups in total. The van der Waals surface area contributed by atoms with Crippen molar-refractivity contribution < 1.29 is 8.42 Å². The highest BCUT2D eigenvalue weighted by molar-refractivity contribution is 7.88. The van der Waals surface area contributed by atoms with Gasteiger partial charge in [-0.25, -0.2) is 13.1 Å². The number of sulfonamides is 1. The van der Waals surface area contributed by atoms with Crippen LogP contribution in [0, 0.1) is 0 Å². The summed E-state index contributed by atoms with van der Waals surface area (Å²) in [4.78, 5) is 0.